The third-order valence-electron chi connectivity index (χ3n) is 4.70. The van der Waals surface area contributed by atoms with Crippen LogP contribution in [0.5, 0.6) is 0 Å². The van der Waals surface area contributed by atoms with E-state index in [-0.39, 0.29) is 24.2 Å². The van der Waals surface area contributed by atoms with Gasteiger partial charge in [-0.25, -0.2) is 0 Å². The van der Waals surface area contributed by atoms with Gasteiger partial charge in [0.15, 0.2) is 0 Å². The first-order valence-corrected chi connectivity index (χ1v) is 9.50. The van der Waals surface area contributed by atoms with Gasteiger partial charge in [-0.1, -0.05) is 30.3 Å². The molecule has 1 unspecified atom stereocenters. The van der Waals surface area contributed by atoms with Gasteiger partial charge in [-0.05, 0) is 43.2 Å². The van der Waals surface area contributed by atoms with E-state index >= 15 is 0 Å². The van der Waals surface area contributed by atoms with Crippen molar-refractivity contribution in [2.75, 3.05) is 18.1 Å². The molecule has 1 fully saturated rings. The molecule has 0 saturated carbocycles. The maximum Gasteiger partial charge on any atom is 0.308 e. The van der Waals surface area contributed by atoms with E-state index in [0.29, 0.717) is 25.1 Å². The lowest BCUT2D eigenvalue weighted by Crippen LogP contribution is -2.30. The highest BCUT2D eigenvalue weighted by atomic mass is 16.5. The van der Waals surface area contributed by atoms with E-state index in [1.54, 1.807) is 36.1 Å². The second-order valence-corrected chi connectivity index (χ2v) is 6.64. The molecule has 1 aliphatic rings. The molecule has 0 aromatic heterocycles. The number of rotatable bonds is 7. The van der Waals surface area contributed by atoms with Crippen molar-refractivity contribution in [3.05, 3.63) is 65.7 Å². The van der Waals surface area contributed by atoms with Gasteiger partial charge in [0.1, 0.15) is 0 Å². The van der Waals surface area contributed by atoms with Gasteiger partial charge in [-0.2, -0.15) is 0 Å². The van der Waals surface area contributed by atoms with Gasteiger partial charge in [0, 0.05) is 24.2 Å². The van der Waals surface area contributed by atoms with Crippen LogP contribution in [-0.4, -0.2) is 30.9 Å². The minimum Gasteiger partial charge on any atom is -0.466 e. The van der Waals surface area contributed by atoms with Gasteiger partial charge in [-0.15, -0.1) is 0 Å². The quantitative estimate of drug-likeness (QED) is 0.748. The summed E-state index contributed by atoms with van der Waals surface area (Å²) in [5, 5.41) is 2.92. The number of hydrogen-bond donors (Lipinski definition) is 1. The number of nitrogens with zero attached hydrogens (tertiary/aromatic N) is 1. The molecular weight excluding hydrogens is 356 g/mol. The summed E-state index contributed by atoms with van der Waals surface area (Å²) in [6.07, 6.45) is 1.48. The SMILES string of the molecule is CCOC(=O)CC(NC(=O)c1ccc(N2CCCC2=O)cc1)c1ccccc1. The molecule has 0 bridgehead atoms. The van der Waals surface area contributed by atoms with Crippen LogP contribution in [0, 0.1) is 0 Å². The number of ether oxygens (including phenoxy) is 1. The summed E-state index contributed by atoms with van der Waals surface area (Å²) < 4.78 is 5.04. The van der Waals surface area contributed by atoms with Crippen LogP contribution in [0.4, 0.5) is 5.69 Å². The first-order chi connectivity index (χ1) is 13.6. The van der Waals surface area contributed by atoms with Gasteiger partial charge >= 0.3 is 5.97 Å². The monoisotopic (exact) mass is 380 g/mol. The summed E-state index contributed by atoms with van der Waals surface area (Å²) in [7, 11) is 0. The number of amides is 2. The van der Waals surface area contributed by atoms with Crippen LogP contribution < -0.4 is 10.2 Å². The molecule has 1 aliphatic heterocycles. The number of nitrogens with one attached hydrogen (secondary N) is 1. The molecule has 1 heterocycles. The molecule has 2 aromatic rings. The number of hydrogen-bond acceptors (Lipinski definition) is 4. The average molecular weight is 380 g/mol. The molecule has 1 N–H and O–H groups in total. The third-order valence-corrected chi connectivity index (χ3v) is 4.70. The molecule has 3 rings (SSSR count). The maximum absolute atomic E-state index is 12.7. The standard InChI is InChI=1S/C22H24N2O4/c1-2-28-21(26)15-19(16-7-4-3-5-8-16)23-22(27)17-10-12-18(13-11-17)24-14-6-9-20(24)25/h3-5,7-8,10-13,19H,2,6,9,14-15H2,1H3,(H,23,27). The molecule has 6 heteroatoms. The molecule has 2 aromatic carbocycles. The van der Waals surface area contributed by atoms with Gasteiger partial charge < -0.3 is 15.0 Å². The zero-order valence-electron chi connectivity index (χ0n) is 15.9. The molecule has 1 atom stereocenters. The number of carbonyl (C=O) groups is 3. The van der Waals surface area contributed by atoms with Crippen molar-refractivity contribution in [2.24, 2.45) is 0 Å². The molecule has 146 valence electrons. The van der Waals surface area contributed by atoms with Gasteiger partial charge in [-0.3, -0.25) is 14.4 Å². The Kier molecular flexibility index (Phi) is 6.42. The van der Waals surface area contributed by atoms with Crippen LogP contribution in [0.25, 0.3) is 0 Å². The zero-order valence-corrected chi connectivity index (χ0v) is 15.9. The number of anilines is 1. The topological polar surface area (TPSA) is 75.7 Å². The highest BCUT2D eigenvalue weighted by molar-refractivity contribution is 5.97. The van der Waals surface area contributed by atoms with Crippen LogP contribution in [0.3, 0.4) is 0 Å². The fraction of sp³-hybridized carbons (Fsp3) is 0.318. The van der Waals surface area contributed by atoms with E-state index in [1.807, 2.05) is 30.3 Å². The van der Waals surface area contributed by atoms with Gasteiger partial charge in [0.2, 0.25) is 5.91 Å². The Bertz CT molecular complexity index is 833. The van der Waals surface area contributed by atoms with Crippen LogP contribution in [-0.2, 0) is 14.3 Å². The number of esters is 1. The summed E-state index contributed by atoms with van der Waals surface area (Å²) in [6.45, 7) is 2.76. The summed E-state index contributed by atoms with van der Waals surface area (Å²) >= 11 is 0. The Morgan fingerprint density at radius 1 is 1.11 bits per heavy atom. The lowest BCUT2D eigenvalue weighted by Gasteiger charge is -2.19. The molecule has 1 saturated heterocycles. The first kappa shape index (κ1) is 19.6. The molecular formula is C22H24N2O4. The molecule has 28 heavy (non-hydrogen) atoms. The largest absolute Gasteiger partial charge is 0.466 e. The maximum atomic E-state index is 12.7. The lowest BCUT2D eigenvalue weighted by molar-refractivity contribution is -0.143. The zero-order chi connectivity index (χ0) is 19.9. The van der Waals surface area contributed by atoms with E-state index < -0.39 is 6.04 Å². The smallest absolute Gasteiger partial charge is 0.308 e. The minimum absolute atomic E-state index is 0.0595. The van der Waals surface area contributed by atoms with E-state index in [2.05, 4.69) is 5.32 Å². The van der Waals surface area contributed by atoms with Crippen LogP contribution in [0.1, 0.15) is 48.1 Å². The predicted octanol–water partition coefficient (Wildman–Crippen LogP) is 3.24. The first-order valence-electron chi connectivity index (χ1n) is 9.50. The Balaban J connectivity index is 1.72. The Morgan fingerprint density at radius 3 is 2.43 bits per heavy atom. The van der Waals surface area contributed by atoms with Crippen molar-refractivity contribution in [3.63, 3.8) is 0 Å². The van der Waals surface area contributed by atoms with Crippen LogP contribution >= 0.6 is 0 Å². The van der Waals surface area contributed by atoms with E-state index in [1.165, 1.54) is 0 Å². The van der Waals surface area contributed by atoms with Crippen LogP contribution in [0.15, 0.2) is 54.6 Å². The van der Waals surface area contributed by atoms with Crippen molar-refractivity contribution in [3.8, 4) is 0 Å². The summed E-state index contributed by atoms with van der Waals surface area (Å²) in [5.74, 6) is -0.534. The number of benzene rings is 2. The van der Waals surface area contributed by atoms with E-state index in [4.69, 9.17) is 4.74 Å². The van der Waals surface area contributed by atoms with Crippen LogP contribution in [0.2, 0.25) is 0 Å². The van der Waals surface area contributed by atoms with Gasteiger partial charge in [0.25, 0.3) is 5.91 Å². The molecule has 2 amide bonds. The highest BCUT2D eigenvalue weighted by Gasteiger charge is 2.23. The fourth-order valence-corrected chi connectivity index (χ4v) is 3.28. The summed E-state index contributed by atoms with van der Waals surface area (Å²) in [6, 6.07) is 15.8. The Morgan fingerprint density at radius 2 is 1.82 bits per heavy atom. The van der Waals surface area contributed by atoms with Crippen molar-refractivity contribution in [2.45, 2.75) is 32.2 Å². The minimum atomic E-state index is -0.479. The molecule has 0 aliphatic carbocycles. The third kappa shape index (κ3) is 4.76. The Labute approximate surface area is 164 Å². The van der Waals surface area contributed by atoms with Gasteiger partial charge in [0.05, 0.1) is 19.1 Å². The second kappa shape index (κ2) is 9.17. The van der Waals surface area contributed by atoms with Crippen molar-refractivity contribution < 1.29 is 19.1 Å². The number of carbonyl (C=O) groups excluding carboxylic acids is 3. The highest BCUT2D eigenvalue weighted by Crippen LogP contribution is 2.22. The molecule has 0 spiro atoms. The van der Waals surface area contributed by atoms with E-state index in [9.17, 15) is 14.4 Å². The lowest BCUT2D eigenvalue weighted by atomic mass is 10.0. The van der Waals surface area contributed by atoms with E-state index in [0.717, 1.165) is 17.7 Å². The molecule has 0 radical (unpaired) electrons. The summed E-state index contributed by atoms with van der Waals surface area (Å²) in [5.41, 5.74) is 2.11. The predicted molar refractivity (Wildman–Crippen MR) is 106 cm³/mol. The van der Waals surface area contributed by atoms with Crippen molar-refractivity contribution in [1.29, 1.82) is 0 Å². The molecule has 6 nitrogen and oxygen atoms in total. The Hall–Kier alpha value is -3.15. The second-order valence-electron chi connectivity index (χ2n) is 6.64. The normalized spacial score (nSPS) is 14.6. The van der Waals surface area contributed by atoms with Crippen molar-refractivity contribution >= 4 is 23.5 Å². The summed E-state index contributed by atoms with van der Waals surface area (Å²) in [4.78, 5) is 38.3. The van der Waals surface area contributed by atoms with Crippen molar-refractivity contribution in [1.82, 2.24) is 5.32 Å². The fourth-order valence-electron chi connectivity index (χ4n) is 3.28. The average Bonchev–Trinajstić information content (AvgIpc) is 3.14.